The lowest BCUT2D eigenvalue weighted by Gasteiger charge is -2.12. The van der Waals surface area contributed by atoms with E-state index in [1.165, 1.54) is 43.9 Å². The monoisotopic (exact) mass is 435 g/mol. The van der Waals surface area contributed by atoms with Crippen LogP contribution in [0.25, 0.3) is 28.1 Å². The molecule has 4 aromatic rings. The van der Waals surface area contributed by atoms with E-state index in [0.29, 0.717) is 38.4 Å². The summed E-state index contributed by atoms with van der Waals surface area (Å²) in [6.45, 7) is 0. The highest BCUT2D eigenvalue weighted by molar-refractivity contribution is 6.31. The summed E-state index contributed by atoms with van der Waals surface area (Å²) in [6.07, 6.45) is 8.12. The number of nitrogens with zero attached hydrogens (tertiary/aromatic N) is 2. The number of H-pyrrole nitrogens is 1. The lowest BCUT2D eigenvalue weighted by molar-refractivity contribution is 0.104. The van der Waals surface area contributed by atoms with Crippen LogP contribution < -0.4 is 10.3 Å². The largest absolute Gasteiger partial charge is 0.495 e. The number of fused-ring (bicyclic) bond motifs is 1. The van der Waals surface area contributed by atoms with Crippen molar-refractivity contribution in [3.63, 3.8) is 0 Å². The van der Waals surface area contributed by atoms with Gasteiger partial charge in [-0.25, -0.2) is 4.39 Å². The summed E-state index contributed by atoms with van der Waals surface area (Å²) in [5, 5.41) is 1.02. The van der Waals surface area contributed by atoms with E-state index in [2.05, 4.69) is 15.0 Å². The van der Waals surface area contributed by atoms with Crippen LogP contribution in [0, 0.1) is 5.82 Å². The first kappa shape index (κ1) is 20.4. The molecule has 31 heavy (non-hydrogen) atoms. The molecule has 154 valence electrons. The van der Waals surface area contributed by atoms with Crippen molar-refractivity contribution in [2.75, 3.05) is 7.11 Å². The first-order chi connectivity index (χ1) is 15.0. The highest BCUT2D eigenvalue weighted by Gasteiger charge is 2.20. The van der Waals surface area contributed by atoms with Gasteiger partial charge in [0.1, 0.15) is 11.6 Å². The van der Waals surface area contributed by atoms with Gasteiger partial charge in [-0.3, -0.25) is 19.6 Å². The first-order valence-electron chi connectivity index (χ1n) is 9.14. The molecule has 0 aliphatic carbocycles. The van der Waals surface area contributed by atoms with Crippen molar-refractivity contribution in [2.45, 2.75) is 0 Å². The van der Waals surface area contributed by atoms with Crippen molar-refractivity contribution in [1.82, 2.24) is 15.0 Å². The van der Waals surface area contributed by atoms with Gasteiger partial charge in [0, 0.05) is 39.4 Å². The first-order valence-corrected chi connectivity index (χ1v) is 9.52. The minimum Gasteiger partial charge on any atom is -0.495 e. The third kappa shape index (κ3) is 4.22. The number of hydrogen-bond acceptors (Lipinski definition) is 5. The molecule has 3 heterocycles. The Morgan fingerprint density at radius 3 is 2.71 bits per heavy atom. The molecule has 0 atom stereocenters. The Balaban J connectivity index is 1.94. The molecule has 0 amide bonds. The van der Waals surface area contributed by atoms with Gasteiger partial charge in [0.2, 0.25) is 0 Å². The smallest absolute Gasteiger partial charge is 0.260 e. The minimum atomic E-state index is -0.570. The number of benzene rings is 1. The van der Waals surface area contributed by atoms with Crippen LogP contribution in [0.5, 0.6) is 5.75 Å². The molecule has 0 fully saturated rings. The zero-order valence-electron chi connectivity index (χ0n) is 16.2. The Kier molecular flexibility index (Phi) is 5.60. The molecule has 0 saturated carbocycles. The van der Waals surface area contributed by atoms with Gasteiger partial charge in [-0.2, -0.15) is 0 Å². The molecule has 0 radical (unpaired) electrons. The Morgan fingerprint density at radius 1 is 1.13 bits per heavy atom. The van der Waals surface area contributed by atoms with E-state index in [9.17, 15) is 14.0 Å². The number of aromatic amines is 1. The van der Waals surface area contributed by atoms with Crippen molar-refractivity contribution < 1.29 is 13.9 Å². The second kappa shape index (κ2) is 8.49. The van der Waals surface area contributed by atoms with E-state index in [0.717, 1.165) is 6.20 Å². The number of ketones is 1. The average molecular weight is 436 g/mol. The number of ether oxygens (including phenoxy) is 1. The van der Waals surface area contributed by atoms with Crippen LogP contribution >= 0.6 is 11.6 Å². The number of aromatic nitrogens is 3. The molecule has 4 rings (SSSR count). The second-order valence-electron chi connectivity index (χ2n) is 6.64. The molecule has 0 aliphatic heterocycles. The topological polar surface area (TPSA) is 84.9 Å². The predicted octanol–water partition coefficient (Wildman–Crippen LogP) is 4.68. The van der Waals surface area contributed by atoms with E-state index in [4.69, 9.17) is 16.3 Å². The summed E-state index contributed by atoms with van der Waals surface area (Å²) in [7, 11) is 1.50. The fraction of sp³-hybridized carbons (Fsp3) is 0.0435. The molecule has 0 unspecified atom stereocenters. The maximum Gasteiger partial charge on any atom is 0.260 e. The molecule has 6 nitrogen and oxygen atoms in total. The van der Waals surface area contributed by atoms with Gasteiger partial charge in [-0.05, 0) is 48.0 Å². The number of pyridine rings is 3. The summed E-state index contributed by atoms with van der Waals surface area (Å²) in [6, 6.07) is 7.89. The van der Waals surface area contributed by atoms with Gasteiger partial charge >= 0.3 is 0 Å². The zero-order chi connectivity index (χ0) is 22.0. The fourth-order valence-corrected chi connectivity index (χ4v) is 3.41. The van der Waals surface area contributed by atoms with E-state index in [1.54, 1.807) is 24.3 Å². The Labute approximate surface area is 181 Å². The zero-order valence-corrected chi connectivity index (χ0v) is 17.0. The van der Waals surface area contributed by atoms with Gasteiger partial charge in [0.05, 0.1) is 25.1 Å². The van der Waals surface area contributed by atoms with Crippen molar-refractivity contribution in [1.29, 1.82) is 0 Å². The van der Waals surface area contributed by atoms with Crippen LogP contribution in [0.1, 0.15) is 15.9 Å². The molecular formula is C23H15ClFN3O3. The number of allylic oxidation sites excluding steroid dienone is 1. The highest BCUT2D eigenvalue weighted by Crippen LogP contribution is 2.33. The Hall–Kier alpha value is -3.84. The second-order valence-corrected chi connectivity index (χ2v) is 7.08. The standard InChI is InChI=1S/C23H15ClFN3O3/c1-31-17-7-14(10-27-12-17)21-18-8-15(24)3-4-19(18)28-23(30)22(21)20(29)5-2-13-6-16(25)11-26-9-13/h2-12H,1H3,(H,28,30)/b5-2+. The lowest BCUT2D eigenvalue weighted by Crippen LogP contribution is -2.18. The van der Waals surface area contributed by atoms with Gasteiger partial charge in [0.25, 0.3) is 5.56 Å². The highest BCUT2D eigenvalue weighted by atomic mass is 35.5. The molecule has 0 spiro atoms. The van der Waals surface area contributed by atoms with Crippen LogP contribution in [-0.4, -0.2) is 27.8 Å². The minimum absolute atomic E-state index is 0.0922. The molecule has 1 aromatic carbocycles. The Bertz CT molecular complexity index is 1400. The molecular weight excluding hydrogens is 421 g/mol. The molecule has 0 bridgehead atoms. The summed E-state index contributed by atoms with van der Waals surface area (Å²) in [4.78, 5) is 36.6. The van der Waals surface area contributed by atoms with Gasteiger partial charge in [-0.1, -0.05) is 11.6 Å². The number of carbonyl (C=O) groups is 1. The maximum atomic E-state index is 13.4. The van der Waals surface area contributed by atoms with E-state index >= 15 is 0 Å². The molecule has 8 heteroatoms. The van der Waals surface area contributed by atoms with Gasteiger partial charge in [-0.15, -0.1) is 0 Å². The summed E-state index contributed by atoms with van der Waals surface area (Å²) in [5.41, 5.74) is 1.13. The van der Waals surface area contributed by atoms with E-state index in [1.807, 2.05) is 0 Å². The molecule has 0 aliphatic rings. The van der Waals surface area contributed by atoms with E-state index < -0.39 is 17.2 Å². The van der Waals surface area contributed by atoms with Crippen molar-refractivity contribution in [2.24, 2.45) is 0 Å². The molecule has 1 N–H and O–H groups in total. The van der Waals surface area contributed by atoms with Crippen LogP contribution in [0.3, 0.4) is 0 Å². The third-order valence-corrected chi connectivity index (χ3v) is 4.85. The number of methoxy groups -OCH3 is 1. The number of rotatable bonds is 5. The SMILES string of the molecule is COc1cncc(-c2c(C(=O)/C=C/c3cncc(F)c3)c(=O)[nH]c3ccc(Cl)cc23)c1. The molecule has 3 aromatic heterocycles. The van der Waals surface area contributed by atoms with Crippen LogP contribution in [0.2, 0.25) is 5.02 Å². The number of nitrogens with one attached hydrogen (secondary N) is 1. The van der Waals surface area contributed by atoms with Gasteiger partial charge < -0.3 is 9.72 Å². The summed E-state index contributed by atoms with van der Waals surface area (Å²) in [5.74, 6) is -0.631. The number of carbonyl (C=O) groups excluding carboxylic acids is 1. The predicted molar refractivity (Wildman–Crippen MR) is 117 cm³/mol. The maximum absolute atomic E-state index is 13.4. The summed E-state index contributed by atoms with van der Waals surface area (Å²) >= 11 is 6.19. The van der Waals surface area contributed by atoms with Crippen molar-refractivity contribution in [3.05, 3.63) is 93.5 Å². The quantitative estimate of drug-likeness (QED) is 0.363. The number of halogens is 2. The van der Waals surface area contributed by atoms with Crippen molar-refractivity contribution in [3.8, 4) is 16.9 Å². The Morgan fingerprint density at radius 2 is 1.94 bits per heavy atom. The fourth-order valence-electron chi connectivity index (χ4n) is 3.24. The van der Waals surface area contributed by atoms with Crippen LogP contribution in [0.15, 0.2) is 66.0 Å². The normalized spacial score (nSPS) is 11.2. The van der Waals surface area contributed by atoms with E-state index in [-0.39, 0.29) is 5.56 Å². The van der Waals surface area contributed by atoms with Crippen LogP contribution in [-0.2, 0) is 0 Å². The lowest BCUT2D eigenvalue weighted by atomic mass is 9.94. The number of hydrogen-bond donors (Lipinski definition) is 1. The van der Waals surface area contributed by atoms with Crippen LogP contribution in [0.4, 0.5) is 4.39 Å². The van der Waals surface area contributed by atoms with Gasteiger partial charge in [0.15, 0.2) is 5.78 Å². The summed E-state index contributed by atoms with van der Waals surface area (Å²) < 4.78 is 18.6. The third-order valence-electron chi connectivity index (χ3n) is 4.61. The average Bonchev–Trinajstić information content (AvgIpc) is 2.77. The van der Waals surface area contributed by atoms with Crippen molar-refractivity contribution >= 4 is 34.4 Å². The molecule has 0 saturated heterocycles.